The molecule has 3 atom stereocenters. The summed E-state index contributed by atoms with van der Waals surface area (Å²) in [5, 5.41) is 0. The summed E-state index contributed by atoms with van der Waals surface area (Å²) in [6.07, 6.45) is -1.40. The normalized spacial score (nSPS) is 25.8. The Morgan fingerprint density at radius 1 is 1.37 bits per heavy atom. The van der Waals surface area contributed by atoms with Gasteiger partial charge in [0.1, 0.15) is 20.0 Å². The number of hydrogen-bond acceptors (Lipinski definition) is 6. The number of esters is 2. The van der Waals surface area contributed by atoms with Crippen molar-refractivity contribution in [2.75, 3.05) is 13.7 Å². The maximum Gasteiger partial charge on any atom is 0.410 e. The lowest BCUT2D eigenvalue weighted by atomic mass is 9.92. The van der Waals surface area contributed by atoms with Crippen molar-refractivity contribution in [3.63, 3.8) is 0 Å². The number of amides is 1. The van der Waals surface area contributed by atoms with Crippen LogP contribution in [-0.4, -0.2) is 62.6 Å². The quantitative estimate of drug-likeness (QED) is 0.401. The van der Waals surface area contributed by atoms with Gasteiger partial charge in [0.15, 0.2) is 0 Å². The summed E-state index contributed by atoms with van der Waals surface area (Å²) in [6.45, 7) is 3.01. The Morgan fingerprint density at radius 2 is 2.00 bits per heavy atom. The third-order valence-corrected chi connectivity index (χ3v) is 2.76. The monoisotopic (exact) mass is 269 g/mol. The van der Waals surface area contributed by atoms with E-state index < -0.39 is 36.1 Å². The molecule has 1 aliphatic heterocycles. The first-order valence-electron chi connectivity index (χ1n) is 5.88. The molecule has 1 aliphatic rings. The Hall–Kier alpha value is -1.73. The van der Waals surface area contributed by atoms with E-state index >= 15 is 0 Å². The maximum atomic E-state index is 11.8. The van der Waals surface area contributed by atoms with Gasteiger partial charge in [0.2, 0.25) is 0 Å². The third kappa shape index (κ3) is 3.39. The molecule has 1 rings (SSSR count). The lowest BCUT2D eigenvalue weighted by Gasteiger charge is -2.26. The van der Waals surface area contributed by atoms with Crippen molar-refractivity contribution in [1.29, 1.82) is 0 Å². The summed E-state index contributed by atoms with van der Waals surface area (Å²) in [7, 11) is 7.03. The van der Waals surface area contributed by atoms with Gasteiger partial charge in [-0.05, 0) is 6.92 Å². The van der Waals surface area contributed by atoms with E-state index in [9.17, 15) is 14.4 Å². The minimum Gasteiger partial charge on any atom is -0.467 e. The summed E-state index contributed by atoms with van der Waals surface area (Å²) in [4.78, 5) is 35.4. The second-order valence-corrected chi connectivity index (χ2v) is 4.02. The van der Waals surface area contributed by atoms with E-state index in [0.717, 1.165) is 4.90 Å². The van der Waals surface area contributed by atoms with Gasteiger partial charge >= 0.3 is 18.0 Å². The van der Waals surface area contributed by atoms with Crippen LogP contribution in [0.5, 0.6) is 0 Å². The highest BCUT2D eigenvalue weighted by Crippen LogP contribution is 2.27. The minimum absolute atomic E-state index is 0.0895. The molecule has 1 amide bonds. The molecule has 1 heterocycles. The molecule has 1 fully saturated rings. The molecule has 1 saturated heterocycles. The molecule has 7 nitrogen and oxygen atoms in total. The standard InChI is InChI=1S/C11H16BNO6/c1-4-18-11(16)13-7(10(15)17-3)5-8(9(13)12)19-6(2)14/h7-9H,4-5H2,1-3H3/t7-,8+,9+/m0/s1. The SMILES string of the molecule is [B][C@H]1[C@H](OC(C)=O)C[C@@H](C(=O)OC)N1C(=O)OCC. The zero-order chi connectivity index (χ0) is 14.6. The third-order valence-electron chi connectivity index (χ3n) is 2.76. The van der Waals surface area contributed by atoms with Crippen LogP contribution in [0, 0.1) is 0 Å². The van der Waals surface area contributed by atoms with Crippen molar-refractivity contribution >= 4 is 25.9 Å². The van der Waals surface area contributed by atoms with Crippen LogP contribution in [0.1, 0.15) is 20.3 Å². The highest BCUT2D eigenvalue weighted by Gasteiger charge is 2.47. The average molecular weight is 269 g/mol. The molecule has 0 spiro atoms. The Bertz CT molecular complexity index is 374. The largest absolute Gasteiger partial charge is 0.467 e. The van der Waals surface area contributed by atoms with Crippen molar-refractivity contribution in [3.05, 3.63) is 0 Å². The molecule has 0 N–H and O–H groups in total. The van der Waals surface area contributed by atoms with E-state index in [1.54, 1.807) is 6.92 Å². The van der Waals surface area contributed by atoms with Crippen molar-refractivity contribution in [2.24, 2.45) is 0 Å². The zero-order valence-corrected chi connectivity index (χ0v) is 11.1. The van der Waals surface area contributed by atoms with Gasteiger partial charge in [-0.3, -0.25) is 9.69 Å². The van der Waals surface area contributed by atoms with E-state index in [0.29, 0.717) is 0 Å². The summed E-state index contributed by atoms with van der Waals surface area (Å²) >= 11 is 0. The number of hydrogen-bond donors (Lipinski definition) is 0. The Labute approximate surface area is 112 Å². The molecule has 2 radical (unpaired) electrons. The molecule has 0 unspecified atom stereocenters. The molecule has 0 aromatic rings. The average Bonchev–Trinajstić information content (AvgIpc) is 2.65. The molecular formula is C11H16BNO6. The fourth-order valence-electron chi connectivity index (χ4n) is 1.98. The number of carbonyl (C=O) groups is 3. The Balaban J connectivity index is 2.90. The molecule has 19 heavy (non-hydrogen) atoms. The van der Waals surface area contributed by atoms with Crippen LogP contribution in [0.2, 0.25) is 0 Å². The molecule has 0 aliphatic carbocycles. The number of carbonyl (C=O) groups excluding carboxylic acids is 3. The molecule has 0 aromatic carbocycles. The fourth-order valence-corrected chi connectivity index (χ4v) is 1.98. The van der Waals surface area contributed by atoms with E-state index in [2.05, 4.69) is 4.74 Å². The first kappa shape index (κ1) is 15.3. The molecule has 0 bridgehead atoms. The van der Waals surface area contributed by atoms with Crippen molar-refractivity contribution < 1.29 is 28.6 Å². The number of likely N-dealkylation sites (tertiary alicyclic amines) is 1. The van der Waals surface area contributed by atoms with E-state index in [4.69, 9.17) is 17.3 Å². The summed E-state index contributed by atoms with van der Waals surface area (Å²) in [5.74, 6) is -2.10. The van der Waals surface area contributed by atoms with Crippen LogP contribution in [0.25, 0.3) is 0 Å². The van der Waals surface area contributed by atoms with Crippen molar-refractivity contribution in [3.8, 4) is 0 Å². The van der Waals surface area contributed by atoms with Gasteiger partial charge in [-0.25, -0.2) is 9.59 Å². The predicted octanol–water partition coefficient (Wildman–Crippen LogP) is -0.184. The molecule has 0 saturated carbocycles. The summed E-state index contributed by atoms with van der Waals surface area (Å²) in [5.41, 5.74) is 0. The molecular weight excluding hydrogens is 253 g/mol. The lowest BCUT2D eigenvalue weighted by Crippen LogP contribution is -2.47. The van der Waals surface area contributed by atoms with Crippen LogP contribution in [-0.2, 0) is 23.8 Å². The highest BCUT2D eigenvalue weighted by molar-refractivity contribution is 6.14. The van der Waals surface area contributed by atoms with E-state index in [1.165, 1.54) is 14.0 Å². The van der Waals surface area contributed by atoms with Gasteiger partial charge in [-0.2, -0.15) is 0 Å². The van der Waals surface area contributed by atoms with Gasteiger partial charge in [-0.1, -0.05) is 0 Å². The number of methoxy groups -OCH3 is 1. The predicted molar refractivity (Wildman–Crippen MR) is 64.4 cm³/mol. The topological polar surface area (TPSA) is 82.1 Å². The Kier molecular flexibility index (Phi) is 5.20. The lowest BCUT2D eigenvalue weighted by molar-refractivity contribution is -0.148. The van der Waals surface area contributed by atoms with Gasteiger partial charge in [0.05, 0.1) is 13.7 Å². The zero-order valence-electron chi connectivity index (χ0n) is 11.1. The van der Waals surface area contributed by atoms with Gasteiger partial charge in [0.25, 0.3) is 0 Å². The van der Waals surface area contributed by atoms with Crippen molar-refractivity contribution in [1.82, 2.24) is 4.90 Å². The van der Waals surface area contributed by atoms with Gasteiger partial charge in [-0.15, -0.1) is 0 Å². The first-order chi connectivity index (χ1) is 8.92. The van der Waals surface area contributed by atoms with E-state index in [-0.39, 0.29) is 13.0 Å². The van der Waals surface area contributed by atoms with Crippen LogP contribution in [0.4, 0.5) is 4.79 Å². The first-order valence-corrected chi connectivity index (χ1v) is 5.88. The van der Waals surface area contributed by atoms with Crippen LogP contribution >= 0.6 is 0 Å². The van der Waals surface area contributed by atoms with Crippen LogP contribution in [0.3, 0.4) is 0 Å². The van der Waals surface area contributed by atoms with Gasteiger partial charge < -0.3 is 14.2 Å². The van der Waals surface area contributed by atoms with E-state index in [1.807, 2.05) is 0 Å². The van der Waals surface area contributed by atoms with Crippen LogP contribution < -0.4 is 0 Å². The second kappa shape index (κ2) is 6.44. The summed E-state index contributed by atoms with van der Waals surface area (Å²) in [6, 6.07) is -0.914. The molecule has 0 aromatic heterocycles. The fraction of sp³-hybridized carbons (Fsp3) is 0.727. The van der Waals surface area contributed by atoms with Crippen LogP contribution in [0.15, 0.2) is 0 Å². The Morgan fingerprint density at radius 3 is 2.47 bits per heavy atom. The van der Waals surface area contributed by atoms with Gasteiger partial charge in [0, 0.05) is 19.3 Å². The number of nitrogens with zero attached hydrogens (tertiary/aromatic N) is 1. The minimum atomic E-state index is -0.938. The number of ether oxygens (including phenoxy) is 3. The summed E-state index contributed by atoms with van der Waals surface area (Å²) < 4.78 is 14.4. The smallest absolute Gasteiger partial charge is 0.410 e. The molecule has 104 valence electrons. The number of rotatable bonds is 3. The maximum absolute atomic E-state index is 11.8. The van der Waals surface area contributed by atoms with Crippen molar-refractivity contribution in [2.45, 2.75) is 38.4 Å². The molecule has 8 heteroatoms. The highest BCUT2D eigenvalue weighted by atomic mass is 16.6. The second-order valence-electron chi connectivity index (χ2n) is 4.02.